The highest BCUT2D eigenvalue weighted by molar-refractivity contribution is 7.07. The van der Waals surface area contributed by atoms with Crippen molar-refractivity contribution in [3.05, 3.63) is 22.4 Å². The van der Waals surface area contributed by atoms with Crippen LogP contribution in [0.1, 0.15) is 25.8 Å². The van der Waals surface area contributed by atoms with Gasteiger partial charge >= 0.3 is 0 Å². The molecule has 0 bridgehead atoms. The summed E-state index contributed by atoms with van der Waals surface area (Å²) in [5.74, 6) is 0.847. The van der Waals surface area contributed by atoms with Crippen LogP contribution in [0.2, 0.25) is 0 Å². The van der Waals surface area contributed by atoms with Gasteiger partial charge in [-0.05, 0) is 34.7 Å². The zero-order valence-corrected chi connectivity index (χ0v) is 10.2. The lowest BCUT2D eigenvalue weighted by Crippen LogP contribution is -2.26. The van der Waals surface area contributed by atoms with E-state index >= 15 is 0 Å². The van der Waals surface area contributed by atoms with Gasteiger partial charge < -0.3 is 5.73 Å². The van der Waals surface area contributed by atoms with Crippen LogP contribution < -0.4 is 5.73 Å². The van der Waals surface area contributed by atoms with Crippen LogP contribution in [0.15, 0.2) is 16.8 Å². The molecule has 0 radical (unpaired) electrons. The molecule has 0 aliphatic rings. The summed E-state index contributed by atoms with van der Waals surface area (Å²) in [6.45, 7) is 4.72. The number of carbonyl (C=O) groups excluding carboxylic acids is 1. The molecule has 0 aliphatic carbocycles. The molecule has 1 aromatic heterocycles. The lowest BCUT2D eigenvalue weighted by atomic mass is 9.91. The Bertz CT molecular complexity index is 293. The first kappa shape index (κ1) is 12.4. The Morgan fingerprint density at radius 1 is 1.53 bits per heavy atom. The molecule has 0 saturated carbocycles. The molecule has 1 aromatic rings. The van der Waals surface area contributed by atoms with Crippen molar-refractivity contribution < 1.29 is 4.79 Å². The van der Waals surface area contributed by atoms with Gasteiger partial charge in [0.2, 0.25) is 0 Å². The van der Waals surface area contributed by atoms with Gasteiger partial charge in [-0.15, -0.1) is 0 Å². The average molecular weight is 225 g/mol. The Balaban J connectivity index is 2.50. The molecule has 2 N–H and O–H groups in total. The first-order valence-electron chi connectivity index (χ1n) is 5.37. The Morgan fingerprint density at radius 2 is 2.27 bits per heavy atom. The molecule has 0 amide bonds. The van der Waals surface area contributed by atoms with Crippen LogP contribution in [0.3, 0.4) is 0 Å². The standard InChI is InChI=1S/C12H19NOS/c1-9(2)5-11(7-13)12(14)6-10-3-4-15-8-10/h3-4,8-9,11H,5-7,13H2,1-2H3. The molecule has 1 heterocycles. The molecule has 0 aromatic carbocycles. The SMILES string of the molecule is CC(C)CC(CN)C(=O)Cc1ccsc1. The van der Waals surface area contributed by atoms with Gasteiger partial charge in [0.05, 0.1) is 0 Å². The van der Waals surface area contributed by atoms with E-state index in [0.717, 1.165) is 12.0 Å². The van der Waals surface area contributed by atoms with E-state index in [9.17, 15) is 4.79 Å². The average Bonchev–Trinajstić information content (AvgIpc) is 2.66. The Hall–Kier alpha value is -0.670. The fourth-order valence-electron chi connectivity index (χ4n) is 1.67. The number of hydrogen-bond donors (Lipinski definition) is 1. The third-order valence-electron chi connectivity index (χ3n) is 2.45. The van der Waals surface area contributed by atoms with E-state index in [2.05, 4.69) is 13.8 Å². The van der Waals surface area contributed by atoms with Crippen molar-refractivity contribution in [2.24, 2.45) is 17.6 Å². The number of thiophene rings is 1. The van der Waals surface area contributed by atoms with E-state index in [-0.39, 0.29) is 11.7 Å². The van der Waals surface area contributed by atoms with Crippen molar-refractivity contribution in [3.8, 4) is 0 Å². The normalized spacial score (nSPS) is 13.1. The summed E-state index contributed by atoms with van der Waals surface area (Å²) in [5, 5.41) is 4.03. The van der Waals surface area contributed by atoms with Gasteiger partial charge in [0.15, 0.2) is 0 Å². The van der Waals surface area contributed by atoms with Crippen LogP contribution in [0.25, 0.3) is 0 Å². The largest absolute Gasteiger partial charge is 0.330 e. The topological polar surface area (TPSA) is 43.1 Å². The fraction of sp³-hybridized carbons (Fsp3) is 0.583. The third kappa shape index (κ3) is 4.14. The molecule has 3 heteroatoms. The van der Waals surface area contributed by atoms with E-state index < -0.39 is 0 Å². The number of rotatable bonds is 6. The van der Waals surface area contributed by atoms with E-state index in [1.54, 1.807) is 11.3 Å². The zero-order chi connectivity index (χ0) is 11.3. The molecule has 0 spiro atoms. The predicted octanol–water partition coefficient (Wildman–Crippen LogP) is 2.48. The lowest BCUT2D eigenvalue weighted by Gasteiger charge is -2.15. The first-order chi connectivity index (χ1) is 7.13. The van der Waals surface area contributed by atoms with Crippen molar-refractivity contribution in [2.45, 2.75) is 26.7 Å². The second kappa shape index (κ2) is 6.03. The van der Waals surface area contributed by atoms with E-state index in [1.807, 2.05) is 16.8 Å². The highest BCUT2D eigenvalue weighted by atomic mass is 32.1. The number of carbonyl (C=O) groups is 1. The quantitative estimate of drug-likeness (QED) is 0.808. The minimum absolute atomic E-state index is 0.0323. The van der Waals surface area contributed by atoms with E-state index in [4.69, 9.17) is 5.73 Å². The maximum Gasteiger partial charge on any atom is 0.141 e. The maximum atomic E-state index is 11.9. The highest BCUT2D eigenvalue weighted by Crippen LogP contribution is 2.15. The Labute approximate surface area is 95.5 Å². The summed E-state index contributed by atoms with van der Waals surface area (Å²) in [6, 6.07) is 2.01. The maximum absolute atomic E-state index is 11.9. The second-order valence-electron chi connectivity index (χ2n) is 4.34. The van der Waals surface area contributed by atoms with Gasteiger partial charge in [0.1, 0.15) is 5.78 Å². The van der Waals surface area contributed by atoms with Crippen LogP contribution in [-0.4, -0.2) is 12.3 Å². The van der Waals surface area contributed by atoms with Crippen molar-refractivity contribution in [1.82, 2.24) is 0 Å². The molecule has 1 rings (SSSR count). The predicted molar refractivity (Wildman–Crippen MR) is 65.0 cm³/mol. The van der Waals surface area contributed by atoms with Gasteiger partial charge in [-0.3, -0.25) is 4.79 Å². The summed E-state index contributed by atoms with van der Waals surface area (Å²) in [6.07, 6.45) is 1.44. The van der Waals surface area contributed by atoms with E-state index in [1.165, 1.54) is 0 Å². The minimum Gasteiger partial charge on any atom is -0.330 e. The number of ketones is 1. The minimum atomic E-state index is 0.0323. The van der Waals surface area contributed by atoms with Crippen LogP contribution >= 0.6 is 11.3 Å². The first-order valence-corrected chi connectivity index (χ1v) is 6.31. The molecule has 1 unspecified atom stereocenters. The molecule has 0 saturated heterocycles. The van der Waals surface area contributed by atoms with Gasteiger partial charge in [-0.2, -0.15) is 11.3 Å². The van der Waals surface area contributed by atoms with Crippen molar-refractivity contribution >= 4 is 17.1 Å². The van der Waals surface area contributed by atoms with Crippen LogP contribution in [0.5, 0.6) is 0 Å². The third-order valence-corrected chi connectivity index (χ3v) is 3.19. The van der Waals surface area contributed by atoms with Gasteiger partial charge in [0, 0.05) is 18.9 Å². The Morgan fingerprint density at radius 3 is 2.73 bits per heavy atom. The zero-order valence-electron chi connectivity index (χ0n) is 9.40. The molecule has 84 valence electrons. The summed E-state index contributed by atoms with van der Waals surface area (Å²) >= 11 is 1.63. The van der Waals surface area contributed by atoms with Gasteiger partial charge in [0.25, 0.3) is 0 Å². The molecule has 1 atom stereocenters. The highest BCUT2D eigenvalue weighted by Gasteiger charge is 2.18. The number of hydrogen-bond acceptors (Lipinski definition) is 3. The monoisotopic (exact) mass is 225 g/mol. The molecular weight excluding hydrogens is 206 g/mol. The smallest absolute Gasteiger partial charge is 0.141 e. The molecule has 0 fully saturated rings. The summed E-state index contributed by atoms with van der Waals surface area (Å²) in [5.41, 5.74) is 6.75. The summed E-state index contributed by atoms with van der Waals surface area (Å²) in [7, 11) is 0. The van der Waals surface area contributed by atoms with Crippen molar-refractivity contribution in [2.75, 3.05) is 6.54 Å². The summed E-state index contributed by atoms with van der Waals surface area (Å²) < 4.78 is 0. The van der Waals surface area contributed by atoms with E-state index in [0.29, 0.717) is 18.9 Å². The van der Waals surface area contributed by atoms with Crippen molar-refractivity contribution in [1.29, 1.82) is 0 Å². The fourth-order valence-corrected chi connectivity index (χ4v) is 2.34. The van der Waals surface area contributed by atoms with Crippen LogP contribution in [0.4, 0.5) is 0 Å². The van der Waals surface area contributed by atoms with Gasteiger partial charge in [-0.25, -0.2) is 0 Å². The molecule has 0 aliphatic heterocycles. The number of nitrogens with two attached hydrogens (primary N) is 1. The molecule has 15 heavy (non-hydrogen) atoms. The van der Waals surface area contributed by atoms with Crippen LogP contribution in [0, 0.1) is 11.8 Å². The lowest BCUT2D eigenvalue weighted by molar-refractivity contribution is -0.122. The second-order valence-corrected chi connectivity index (χ2v) is 5.12. The van der Waals surface area contributed by atoms with Crippen molar-refractivity contribution in [3.63, 3.8) is 0 Å². The van der Waals surface area contributed by atoms with Gasteiger partial charge in [-0.1, -0.05) is 13.8 Å². The molecular formula is C12H19NOS. The van der Waals surface area contributed by atoms with Crippen LogP contribution in [-0.2, 0) is 11.2 Å². The Kier molecular flexibility index (Phi) is 4.99. The summed E-state index contributed by atoms with van der Waals surface area (Å²) in [4.78, 5) is 11.9. The number of Topliss-reactive ketones (excluding diaryl/α,β-unsaturated/α-hetero) is 1. The molecule has 2 nitrogen and oxygen atoms in total.